The van der Waals surface area contributed by atoms with Crippen molar-refractivity contribution < 1.29 is 0 Å². The van der Waals surface area contributed by atoms with Gasteiger partial charge in [-0.2, -0.15) is 5.26 Å². The van der Waals surface area contributed by atoms with Crippen LogP contribution >= 0.6 is 0 Å². The molecule has 0 amide bonds. The molecule has 0 aromatic rings. The summed E-state index contributed by atoms with van der Waals surface area (Å²) in [4.78, 5) is 2.62. The molecule has 90 valence electrons. The molecule has 0 bridgehead atoms. The zero-order chi connectivity index (χ0) is 11.5. The van der Waals surface area contributed by atoms with Crippen molar-refractivity contribution in [3.05, 3.63) is 0 Å². The minimum atomic E-state index is 0.487. The zero-order valence-corrected chi connectivity index (χ0v) is 10.4. The van der Waals surface area contributed by atoms with Crippen LogP contribution < -0.4 is 5.32 Å². The maximum atomic E-state index is 8.90. The number of fused-ring (bicyclic) bond motifs is 1. The minimum absolute atomic E-state index is 0.487. The van der Waals surface area contributed by atoms with Crippen molar-refractivity contribution in [2.75, 3.05) is 19.6 Å². The largest absolute Gasteiger partial charge is 0.316 e. The van der Waals surface area contributed by atoms with Gasteiger partial charge in [-0.05, 0) is 37.8 Å². The van der Waals surface area contributed by atoms with Gasteiger partial charge in [0.05, 0.1) is 12.5 Å². The number of nitrogens with zero attached hydrogens (tertiary/aromatic N) is 2. The van der Waals surface area contributed by atoms with Gasteiger partial charge in [0.25, 0.3) is 0 Å². The average Bonchev–Trinajstić information content (AvgIpc) is 2.85. The van der Waals surface area contributed by atoms with Crippen molar-refractivity contribution in [3.63, 3.8) is 0 Å². The molecule has 3 heteroatoms. The molecule has 2 aliphatic heterocycles. The fourth-order valence-corrected chi connectivity index (χ4v) is 3.61. The molecule has 4 atom stereocenters. The van der Waals surface area contributed by atoms with Gasteiger partial charge in [-0.1, -0.05) is 13.8 Å². The van der Waals surface area contributed by atoms with Gasteiger partial charge in [0.1, 0.15) is 0 Å². The van der Waals surface area contributed by atoms with Crippen LogP contribution in [0.5, 0.6) is 0 Å². The van der Waals surface area contributed by atoms with Gasteiger partial charge in [0, 0.05) is 18.6 Å². The van der Waals surface area contributed by atoms with E-state index >= 15 is 0 Å². The van der Waals surface area contributed by atoms with E-state index in [1.807, 2.05) is 0 Å². The minimum Gasteiger partial charge on any atom is -0.316 e. The Morgan fingerprint density at radius 3 is 2.88 bits per heavy atom. The Bertz CT molecular complexity index is 271. The van der Waals surface area contributed by atoms with Crippen molar-refractivity contribution >= 4 is 0 Å². The summed E-state index contributed by atoms with van der Waals surface area (Å²) in [5, 5.41) is 12.4. The Balaban J connectivity index is 2.07. The van der Waals surface area contributed by atoms with Crippen molar-refractivity contribution in [2.24, 2.45) is 11.8 Å². The van der Waals surface area contributed by atoms with E-state index < -0.39 is 0 Å². The molecule has 2 fully saturated rings. The molecule has 2 rings (SSSR count). The molecule has 0 aliphatic carbocycles. The van der Waals surface area contributed by atoms with Crippen LogP contribution in [0.4, 0.5) is 0 Å². The van der Waals surface area contributed by atoms with Gasteiger partial charge >= 0.3 is 0 Å². The number of rotatable bonds is 4. The number of hydrogen-bond donors (Lipinski definition) is 1. The highest BCUT2D eigenvalue weighted by Gasteiger charge is 2.44. The number of nitriles is 1. The van der Waals surface area contributed by atoms with Gasteiger partial charge in [0.15, 0.2) is 0 Å². The number of nitrogens with one attached hydrogen (secondary N) is 1. The van der Waals surface area contributed by atoms with Crippen molar-refractivity contribution in [2.45, 2.75) is 45.2 Å². The SMILES string of the molecule is CCC(CC#N)N1CC2CNCC2C1CC. The summed E-state index contributed by atoms with van der Waals surface area (Å²) in [7, 11) is 0. The monoisotopic (exact) mass is 221 g/mol. The van der Waals surface area contributed by atoms with E-state index in [9.17, 15) is 0 Å². The molecule has 2 aliphatic rings. The van der Waals surface area contributed by atoms with E-state index in [0.29, 0.717) is 18.5 Å². The molecule has 0 aromatic heterocycles. The van der Waals surface area contributed by atoms with Crippen LogP contribution in [0.3, 0.4) is 0 Å². The van der Waals surface area contributed by atoms with Gasteiger partial charge in [0.2, 0.25) is 0 Å². The van der Waals surface area contributed by atoms with Gasteiger partial charge in [-0.3, -0.25) is 4.90 Å². The fraction of sp³-hybridized carbons (Fsp3) is 0.923. The first-order chi connectivity index (χ1) is 7.81. The lowest BCUT2D eigenvalue weighted by molar-refractivity contribution is 0.152. The first-order valence-corrected chi connectivity index (χ1v) is 6.65. The summed E-state index contributed by atoms with van der Waals surface area (Å²) in [5.74, 6) is 1.66. The molecule has 1 N–H and O–H groups in total. The smallest absolute Gasteiger partial charge is 0.0638 e. The Hall–Kier alpha value is -0.590. The molecule has 0 spiro atoms. The predicted molar refractivity (Wildman–Crippen MR) is 64.9 cm³/mol. The number of likely N-dealkylation sites (tertiary alicyclic amines) is 1. The molecule has 3 nitrogen and oxygen atoms in total. The molecule has 4 unspecified atom stereocenters. The van der Waals surface area contributed by atoms with Gasteiger partial charge < -0.3 is 5.32 Å². The first-order valence-electron chi connectivity index (χ1n) is 6.65. The van der Waals surface area contributed by atoms with Crippen LogP contribution in [0.2, 0.25) is 0 Å². The lowest BCUT2D eigenvalue weighted by Crippen LogP contribution is -2.42. The number of hydrogen-bond acceptors (Lipinski definition) is 3. The Labute approximate surface area is 98.8 Å². The summed E-state index contributed by atoms with van der Waals surface area (Å²) in [6.07, 6.45) is 3.03. The molecule has 0 saturated carbocycles. The summed E-state index contributed by atoms with van der Waals surface area (Å²) in [5.41, 5.74) is 0. The quantitative estimate of drug-likeness (QED) is 0.784. The third kappa shape index (κ3) is 1.97. The molecule has 16 heavy (non-hydrogen) atoms. The van der Waals surface area contributed by atoms with Crippen LogP contribution in [-0.2, 0) is 0 Å². The Kier molecular flexibility index (Phi) is 3.83. The predicted octanol–water partition coefficient (Wildman–Crippen LogP) is 1.61. The van der Waals surface area contributed by atoms with E-state index in [4.69, 9.17) is 5.26 Å². The second kappa shape index (κ2) is 5.16. The molecule has 0 aromatic carbocycles. The Morgan fingerprint density at radius 1 is 1.44 bits per heavy atom. The summed E-state index contributed by atoms with van der Waals surface area (Å²) >= 11 is 0. The third-order valence-electron chi connectivity index (χ3n) is 4.44. The maximum Gasteiger partial charge on any atom is 0.0638 e. The molecular formula is C13H23N3. The van der Waals surface area contributed by atoms with Crippen LogP contribution in [0.15, 0.2) is 0 Å². The molecule has 2 heterocycles. The van der Waals surface area contributed by atoms with Crippen molar-refractivity contribution in [3.8, 4) is 6.07 Å². The van der Waals surface area contributed by atoms with Gasteiger partial charge in [-0.25, -0.2) is 0 Å². The summed E-state index contributed by atoms with van der Waals surface area (Å²) < 4.78 is 0. The zero-order valence-electron chi connectivity index (χ0n) is 10.4. The van der Waals surface area contributed by atoms with Gasteiger partial charge in [-0.15, -0.1) is 0 Å². The van der Waals surface area contributed by atoms with E-state index in [2.05, 4.69) is 30.1 Å². The van der Waals surface area contributed by atoms with E-state index in [-0.39, 0.29) is 0 Å². The summed E-state index contributed by atoms with van der Waals surface area (Å²) in [6.45, 7) is 8.07. The first kappa shape index (κ1) is 11.9. The van der Waals surface area contributed by atoms with E-state index in [1.165, 1.54) is 26.1 Å². The lowest BCUT2D eigenvalue weighted by atomic mass is 9.92. The highest BCUT2D eigenvalue weighted by molar-refractivity contribution is 5.00. The second-order valence-electron chi connectivity index (χ2n) is 5.18. The van der Waals surface area contributed by atoms with Crippen LogP contribution in [0.1, 0.15) is 33.1 Å². The van der Waals surface area contributed by atoms with Crippen LogP contribution in [-0.4, -0.2) is 36.6 Å². The fourth-order valence-electron chi connectivity index (χ4n) is 3.61. The van der Waals surface area contributed by atoms with Crippen molar-refractivity contribution in [1.82, 2.24) is 10.2 Å². The highest BCUT2D eigenvalue weighted by atomic mass is 15.2. The van der Waals surface area contributed by atoms with Crippen molar-refractivity contribution in [1.29, 1.82) is 5.26 Å². The molecule has 2 saturated heterocycles. The molecular weight excluding hydrogens is 198 g/mol. The van der Waals surface area contributed by atoms with Crippen LogP contribution in [0, 0.1) is 23.2 Å². The standard InChI is InChI=1S/C13H23N3/c1-3-11(5-6-14)16-9-10-7-15-8-12(10)13(16)4-2/h10-13,15H,3-5,7-9H2,1-2H3. The molecule has 0 radical (unpaired) electrons. The van der Waals surface area contributed by atoms with E-state index in [1.54, 1.807) is 0 Å². The highest BCUT2D eigenvalue weighted by Crippen LogP contribution is 2.36. The van der Waals surface area contributed by atoms with E-state index in [0.717, 1.165) is 18.3 Å². The second-order valence-corrected chi connectivity index (χ2v) is 5.18. The summed E-state index contributed by atoms with van der Waals surface area (Å²) in [6, 6.07) is 3.54. The average molecular weight is 221 g/mol. The maximum absolute atomic E-state index is 8.90. The van der Waals surface area contributed by atoms with Crippen LogP contribution in [0.25, 0.3) is 0 Å². The third-order valence-corrected chi connectivity index (χ3v) is 4.44. The normalized spacial score (nSPS) is 35.9. The lowest BCUT2D eigenvalue weighted by Gasteiger charge is -2.32. The topological polar surface area (TPSA) is 39.1 Å². The Morgan fingerprint density at radius 2 is 2.25 bits per heavy atom.